The van der Waals surface area contributed by atoms with Gasteiger partial charge in [0.2, 0.25) is 0 Å². The molecule has 0 fully saturated rings. The molecule has 1 aromatic carbocycles. The van der Waals surface area contributed by atoms with E-state index in [1.54, 1.807) is 24.3 Å². The second kappa shape index (κ2) is 3.61. The Kier molecular flexibility index (Phi) is 2.53. The van der Waals surface area contributed by atoms with Gasteiger partial charge in [0.1, 0.15) is 0 Å². The third-order valence-electron chi connectivity index (χ3n) is 1.27. The first-order valence-corrected chi connectivity index (χ1v) is 3.48. The molecule has 64 valence electrons. The Labute approximate surface area is 70.3 Å². The van der Waals surface area contributed by atoms with Gasteiger partial charge in [0.25, 0.3) is 0 Å². The molecule has 0 amide bonds. The molecule has 0 unspecified atom stereocenters. The van der Waals surface area contributed by atoms with Crippen molar-refractivity contribution in [2.75, 3.05) is 11.2 Å². The lowest BCUT2D eigenvalue weighted by molar-refractivity contribution is -0.138. The fourth-order valence-corrected chi connectivity index (χ4v) is 0.717. The number of carbonyl (C=O) groups excluding carboxylic acids is 1. The average Bonchev–Trinajstić information content (AvgIpc) is 2.03. The van der Waals surface area contributed by atoms with Crippen molar-refractivity contribution < 1.29 is 9.63 Å². The second-order valence-electron chi connectivity index (χ2n) is 2.28. The highest BCUT2D eigenvalue weighted by atomic mass is 16.7. The van der Waals surface area contributed by atoms with Crippen LogP contribution in [0.5, 0.6) is 0 Å². The predicted molar refractivity (Wildman–Crippen MR) is 46.2 cm³/mol. The van der Waals surface area contributed by atoms with Gasteiger partial charge in [-0.15, -0.1) is 0 Å². The van der Waals surface area contributed by atoms with E-state index in [-0.39, 0.29) is 0 Å². The molecule has 1 rings (SSSR count). The van der Waals surface area contributed by atoms with Crippen LogP contribution in [0.3, 0.4) is 0 Å². The van der Waals surface area contributed by atoms with Gasteiger partial charge in [0.05, 0.1) is 11.4 Å². The molecule has 12 heavy (non-hydrogen) atoms. The second-order valence-corrected chi connectivity index (χ2v) is 2.28. The van der Waals surface area contributed by atoms with Gasteiger partial charge < -0.3 is 10.6 Å². The van der Waals surface area contributed by atoms with Gasteiger partial charge >= 0.3 is 5.97 Å². The summed E-state index contributed by atoms with van der Waals surface area (Å²) in [5, 5.41) is 0. The van der Waals surface area contributed by atoms with E-state index < -0.39 is 5.97 Å². The number of benzene rings is 1. The van der Waals surface area contributed by atoms with Crippen LogP contribution >= 0.6 is 0 Å². The van der Waals surface area contributed by atoms with Crippen molar-refractivity contribution in [3.8, 4) is 0 Å². The first kappa shape index (κ1) is 8.39. The number of anilines is 2. The zero-order valence-corrected chi connectivity index (χ0v) is 6.70. The van der Waals surface area contributed by atoms with Crippen molar-refractivity contribution in [1.82, 2.24) is 0 Å². The Morgan fingerprint density at radius 1 is 1.50 bits per heavy atom. The number of nitrogens with two attached hydrogens (primary N) is 1. The van der Waals surface area contributed by atoms with Crippen molar-refractivity contribution in [3.05, 3.63) is 24.3 Å². The monoisotopic (exact) mass is 166 g/mol. The molecule has 4 heteroatoms. The summed E-state index contributed by atoms with van der Waals surface area (Å²) in [5.74, 6) is -0.404. The highest BCUT2D eigenvalue weighted by molar-refractivity contribution is 5.70. The minimum atomic E-state index is -0.404. The standard InChI is InChI=1S/C8H10N2O2/c1-6(11)12-10-8-5-3-2-4-7(8)9/h2-5,10H,9H2,1H3. The Morgan fingerprint density at radius 2 is 2.17 bits per heavy atom. The Bertz CT molecular complexity index is 286. The largest absolute Gasteiger partial charge is 0.397 e. The van der Waals surface area contributed by atoms with E-state index in [2.05, 4.69) is 10.3 Å². The van der Waals surface area contributed by atoms with Crippen molar-refractivity contribution in [3.63, 3.8) is 0 Å². The zero-order chi connectivity index (χ0) is 8.97. The van der Waals surface area contributed by atoms with Crippen LogP contribution in [-0.2, 0) is 9.63 Å². The van der Waals surface area contributed by atoms with E-state index in [0.717, 1.165) is 0 Å². The summed E-state index contributed by atoms with van der Waals surface area (Å²) in [6.07, 6.45) is 0. The van der Waals surface area contributed by atoms with E-state index in [0.29, 0.717) is 11.4 Å². The number of hydrogen-bond donors (Lipinski definition) is 2. The van der Waals surface area contributed by atoms with Crippen molar-refractivity contribution in [2.24, 2.45) is 0 Å². The lowest BCUT2D eigenvalue weighted by Gasteiger charge is -2.06. The van der Waals surface area contributed by atoms with E-state index in [1.165, 1.54) is 6.92 Å². The van der Waals surface area contributed by atoms with Gasteiger partial charge in [-0.25, -0.2) is 5.48 Å². The molecule has 0 radical (unpaired) electrons. The van der Waals surface area contributed by atoms with Crippen LogP contribution in [-0.4, -0.2) is 5.97 Å². The molecule has 0 saturated heterocycles. The molecule has 0 atom stereocenters. The van der Waals surface area contributed by atoms with E-state index in [4.69, 9.17) is 5.73 Å². The van der Waals surface area contributed by atoms with Crippen molar-refractivity contribution >= 4 is 17.3 Å². The smallest absolute Gasteiger partial charge is 0.329 e. The molecule has 0 aliphatic carbocycles. The first-order valence-electron chi connectivity index (χ1n) is 3.48. The maximum atomic E-state index is 10.4. The summed E-state index contributed by atoms with van der Waals surface area (Å²) in [6, 6.07) is 7.03. The van der Waals surface area contributed by atoms with Gasteiger partial charge in [-0.3, -0.25) is 4.79 Å². The Morgan fingerprint density at radius 3 is 2.75 bits per heavy atom. The van der Waals surface area contributed by atoms with Crippen LogP contribution < -0.4 is 11.2 Å². The summed E-state index contributed by atoms with van der Waals surface area (Å²) in [4.78, 5) is 14.9. The maximum absolute atomic E-state index is 10.4. The highest BCUT2D eigenvalue weighted by Crippen LogP contribution is 2.16. The number of nitrogens with one attached hydrogen (secondary N) is 1. The fourth-order valence-electron chi connectivity index (χ4n) is 0.717. The van der Waals surface area contributed by atoms with E-state index in [1.807, 2.05) is 0 Å². The van der Waals surface area contributed by atoms with Gasteiger partial charge in [0.15, 0.2) is 0 Å². The predicted octanol–water partition coefficient (Wildman–Crippen LogP) is 1.16. The normalized spacial score (nSPS) is 9.08. The quantitative estimate of drug-likeness (QED) is 0.511. The molecule has 1 aromatic rings. The Balaban J connectivity index is 2.63. The number of nitrogen functional groups attached to an aromatic ring is 1. The lowest BCUT2D eigenvalue weighted by Crippen LogP contribution is -2.07. The fraction of sp³-hybridized carbons (Fsp3) is 0.125. The Hall–Kier alpha value is -1.71. The number of rotatable bonds is 2. The molecule has 0 saturated carbocycles. The molecule has 0 aliphatic rings. The number of para-hydroxylation sites is 2. The van der Waals surface area contributed by atoms with Gasteiger partial charge in [0, 0.05) is 6.92 Å². The molecule has 0 aliphatic heterocycles. The van der Waals surface area contributed by atoms with Gasteiger partial charge in [-0.2, -0.15) is 0 Å². The first-order chi connectivity index (χ1) is 5.70. The zero-order valence-electron chi connectivity index (χ0n) is 6.70. The summed E-state index contributed by atoms with van der Waals surface area (Å²) in [5.41, 5.74) is 9.12. The summed E-state index contributed by atoms with van der Waals surface area (Å²) >= 11 is 0. The van der Waals surface area contributed by atoms with Crippen LogP contribution in [0.4, 0.5) is 11.4 Å². The number of carbonyl (C=O) groups is 1. The molecule has 3 N–H and O–H groups in total. The molecular weight excluding hydrogens is 156 g/mol. The van der Waals surface area contributed by atoms with Crippen LogP contribution in [0, 0.1) is 0 Å². The van der Waals surface area contributed by atoms with E-state index >= 15 is 0 Å². The number of hydrogen-bond acceptors (Lipinski definition) is 4. The summed E-state index contributed by atoms with van der Waals surface area (Å²) in [7, 11) is 0. The average molecular weight is 166 g/mol. The summed E-state index contributed by atoms with van der Waals surface area (Å²) in [6.45, 7) is 1.31. The van der Waals surface area contributed by atoms with Crippen molar-refractivity contribution in [2.45, 2.75) is 6.92 Å². The minimum absolute atomic E-state index is 0.404. The van der Waals surface area contributed by atoms with Crippen LogP contribution in [0.2, 0.25) is 0 Å². The third kappa shape index (κ3) is 2.16. The molecule has 0 bridgehead atoms. The van der Waals surface area contributed by atoms with Gasteiger partial charge in [-0.1, -0.05) is 12.1 Å². The summed E-state index contributed by atoms with van der Waals surface area (Å²) < 4.78 is 0. The van der Waals surface area contributed by atoms with Crippen LogP contribution in [0.25, 0.3) is 0 Å². The lowest BCUT2D eigenvalue weighted by atomic mass is 10.3. The molecule has 0 heterocycles. The minimum Gasteiger partial charge on any atom is -0.397 e. The molecule has 0 aromatic heterocycles. The van der Waals surface area contributed by atoms with E-state index in [9.17, 15) is 4.79 Å². The topological polar surface area (TPSA) is 64.3 Å². The van der Waals surface area contributed by atoms with Gasteiger partial charge in [-0.05, 0) is 12.1 Å². The van der Waals surface area contributed by atoms with Crippen LogP contribution in [0.15, 0.2) is 24.3 Å². The molecular formula is C8H10N2O2. The highest BCUT2D eigenvalue weighted by Gasteiger charge is 1.97. The third-order valence-corrected chi connectivity index (χ3v) is 1.27. The van der Waals surface area contributed by atoms with Crippen molar-refractivity contribution in [1.29, 1.82) is 0 Å². The SMILES string of the molecule is CC(=O)ONc1ccccc1N. The maximum Gasteiger partial charge on any atom is 0.329 e. The molecule has 0 spiro atoms. The van der Waals surface area contributed by atoms with Crippen LogP contribution in [0.1, 0.15) is 6.92 Å². The molecule has 4 nitrogen and oxygen atoms in total.